The molecule has 1 unspecified atom stereocenters. The van der Waals surface area contributed by atoms with E-state index >= 15 is 0 Å². The fourth-order valence-corrected chi connectivity index (χ4v) is 3.64. The molecule has 3 aromatic carbocycles. The zero-order valence-corrected chi connectivity index (χ0v) is 20.5. The van der Waals surface area contributed by atoms with Crippen LogP contribution in [-0.4, -0.2) is 18.0 Å². The molecule has 0 saturated carbocycles. The minimum absolute atomic E-state index is 0.00450. The van der Waals surface area contributed by atoms with Crippen LogP contribution in [0.1, 0.15) is 40.3 Å². The van der Waals surface area contributed by atoms with Crippen molar-refractivity contribution in [1.82, 2.24) is 5.32 Å². The topological polar surface area (TPSA) is 141 Å². The number of nitriles is 1. The first-order valence-electron chi connectivity index (χ1n) is 11.5. The lowest BCUT2D eigenvalue weighted by atomic mass is 9.77. The Bertz CT molecular complexity index is 1320. The van der Waals surface area contributed by atoms with E-state index in [0.29, 0.717) is 18.7 Å². The van der Waals surface area contributed by atoms with Gasteiger partial charge in [-0.15, -0.1) is 0 Å². The molecule has 0 radical (unpaired) electrons. The summed E-state index contributed by atoms with van der Waals surface area (Å²) in [5, 5.41) is 20.2. The van der Waals surface area contributed by atoms with E-state index in [4.69, 9.17) is 16.9 Å². The molecule has 7 heteroatoms. The predicted octanol–water partition coefficient (Wildman–Crippen LogP) is 3.84. The molecule has 0 heterocycles. The van der Waals surface area contributed by atoms with Crippen molar-refractivity contribution in [3.8, 4) is 6.07 Å². The summed E-state index contributed by atoms with van der Waals surface area (Å²) in [6.07, 6.45) is 2.68. The van der Waals surface area contributed by atoms with Crippen LogP contribution in [0.5, 0.6) is 0 Å². The van der Waals surface area contributed by atoms with Gasteiger partial charge in [0.05, 0.1) is 18.2 Å². The number of carbonyl (C=O) groups is 1. The third-order valence-electron chi connectivity index (χ3n) is 6.05. The molecule has 1 atom stereocenters. The van der Waals surface area contributed by atoms with Crippen molar-refractivity contribution < 1.29 is 4.79 Å². The Kier molecular flexibility index (Phi) is 8.37. The summed E-state index contributed by atoms with van der Waals surface area (Å²) >= 11 is 0. The molecule has 3 rings (SSSR count). The largest absolute Gasteiger partial charge is 0.404 e. The summed E-state index contributed by atoms with van der Waals surface area (Å²) < 4.78 is 0. The number of aryl methyl sites for hydroxylation is 1. The molecular weight excluding hydrogens is 448 g/mol. The Morgan fingerprint density at radius 2 is 1.58 bits per heavy atom. The van der Waals surface area contributed by atoms with Crippen molar-refractivity contribution in [2.75, 3.05) is 0 Å². The maximum Gasteiger partial charge on any atom is 0.254 e. The number of amides is 1. The first-order chi connectivity index (χ1) is 17.3. The molecule has 0 aliphatic carbocycles. The van der Waals surface area contributed by atoms with E-state index in [-0.39, 0.29) is 17.3 Å². The van der Waals surface area contributed by atoms with Gasteiger partial charge in [-0.2, -0.15) is 5.26 Å². The first kappa shape index (κ1) is 25.9. The van der Waals surface area contributed by atoms with E-state index in [2.05, 4.69) is 16.4 Å². The predicted molar refractivity (Wildman–Crippen MR) is 143 cm³/mol. The van der Waals surface area contributed by atoms with Gasteiger partial charge in [-0.05, 0) is 36.1 Å². The second-order valence-corrected chi connectivity index (χ2v) is 8.68. The van der Waals surface area contributed by atoms with Crippen LogP contribution in [0.15, 0.2) is 89.6 Å². The van der Waals surface area contributed by atoms with E-state index in [1.807, 2.05) is 62.4 Å². The maximum atomic E-state index is 12.5. The SMILES string of the molecule is Cc1ccc(C(C)(C#N)c2ccc(CN=C/C(=C\N)C(=O)NCc3ccc(C(=N)N)cc3)cc2)cc1. The molecule has 0 saturated heterocycles. The first-order valence-corrected chi connectivity index (χ1v) is 11.5. The van der Waals surface area contributed by atoms with Crippen molar-refractivity contribution >= 4 is 18.0 Å². The number of hydrogen-bond acceptors (Lipinski definition) is 5. The highest BCUT2D eigenvalue weighted by molar-refractivity contribution is 6.12. The van der Waals surface area contributed by atoms with Crippen LogP contribution in [0.2, 0.25) is 0 Å². The lowest BCUT2D eigenvalue weighted by Crippen LogP contribution is -2.25. The van der Waals surface area contributed by atoms with Crippen LogP contribution in [0.4, 0.5) is 0 Å². The minimum atomic E-state index is -0.755. The van der Waals surface area contributed by atoms with E-state index in [9.17, 15) is 10.1 Å². The van der Waals surface area contributed by atoms with Gasteiger partial charge >= 0.3 is 0 Å². The summed E-state index contributed by atoms with van der Waals surface area (Å²) in [7, 11) is 0. The number of aliphatic imine (C=N–C) groups is 1. The lowest BCUT2D eigenvalue weighted by molar-refractivity contribution is -0.117. The van der Waals surface area contributed by atoms with Gasteiger partial charge < -0.3 is 16.8 Å². The van der Waals surface area contributed by atoms with E-state index in [0.717, 1.165) is 27.8 Å². The van der Waals surface area contributed by atoms with Crippen molar-refractivity contribution in [3.63, 3.8) is 0 Å². The molecule has 0 spiro atoms. The highest BCUT2D eigenvalue weighted by Crippen LogP contribution is 2.31. The Hall–Kier alpha value is -4.70. The van der Waals surface area contributed by atoms with Gasteiger partial charge in [0, 0.05) is 24.5 Å². The van der Waals surface area contributed by atoms with Crippen LogP contribution in [0.3, 0.4) is 0 Å². The second kappa shape index (κ2) is 11.6. The third-order valence-corrected chi connectivity index (χ3v) is 6.05. The second-order valence-electron chi connectivity index (χ2n) is 8.68. The average Bonchev–Trinajstić information content (AvgIpc) is 2.90. The number of benzene rings is 3. The van der Waals surface area contributed by atoms with E-state index < -0.39 is 5.41 Å². The Balaban J connectivity index is 1.59. The van der Waals surface area contributed by atoms with Gasteiger partial charge in [0.15, 0.2) is 0 Å². The molecule has 0 bridgehead atoms. The summed E-state index contributed by atoms with van der Waals surface area (Å²) in [6.45, 7) is 4.61. The molecule has 0 aliphatic heterocycles. The van der Waals surface area contributed by atoms with Crippen LogP contribution in [0.25, 0.3) is 0 Å². The summed E-state index contributed by atoms with van der Waals surface area (Å²) in [5.41, 5.74) is 16.0. The fourth-order valence-electron chi connectivity index (χ4n) is 3.64. The van der Waals surface area contributed by atoms with Crippen molar-refractivity contribution in [1.29, 1.82) is 10.7 Å². The molecule has 1 amide bonds. The van der Waals surface area contributed by atoms with E-state index in [1.54, 1.807) is 24.3 Å². The molecule has 6 N–H and O–H groups in total. The van der Waals surface area contributed by atoms with Gasteiger partial charge in [0.1, 0.15) is 11.3 Å². The average molecular weight is 479 g/mol. The van der Waals surface area contributed by atoms with Gasteiger partial charge in [-0.1, -0.05) is 78.4 Å². The number of nitrogens with one attached hydrogen (secondary N) is 2. The molecule has 7 nitrogen and oxygen atoms in total. The molecule has 182 valence electrons. The Morgan fingerprint density at radius 1 is 1.03 bits per heavy atom. The highest BCUT2D eigenvalue weighted by Gasteiger charge is 2.28. The third kappa shape index (κ3) is 6.24. The van der Waals surface area contributed by atoms with Gasteiger partial charge in [-0.3, -0.25) is 15.2 Å². The number of amidine groups is 1. The van der Waals surface area contributed by atoms with Crippen LogP contribution >= 0.6 is 0 Å². The lowest BCUT2D eigenvalue weighted by Gasteiger charge is -2.23. The molecule has 0 fully saturated rings. The normalized spacial score (nSPS) is 13.1. The van der Waals surface area contributed by atoms with Crippen LogP contribution in [0, 0.1) is 23.7 Å². The number of hydrogen-bond donors (Lipinski definition) is 4. The Morgan fingerprint density at radius 3 is 2.11 bits per heavy atom. The van der Waals surface area contributed by atoms with E-state index in [1.165, 1.54) is 12.4 Å². The van der Waals surface area contributed by atoms with Crippen molar-refractivity contribution in [2.24, 2.45) is 16.5 Å². The van der Waals surface area contributed by atoms with Gasteiger partial charge in [-0.25, -0.2) is 0 Å². The summed E-state index contributed by atoms with van der Waals surface area (Å²) in [6, 6.07) is 25.3. The van der Waals surface area contributed by atoms with Crippen molar-refractivity contribution in [3.05, 3.63) is 118 Å². The summed E-state index contributed by atoms with van der Waals surface area (Å²) in [4.78, 5) is 16.8. The van der Waals surface area contributed by atoms with Gasteiger partial charge in [0.2, 0.25) is 0 Å². The smallest absolute Gasteiger partial charge is 0.254 e. The zero-order valence-electron chi connectivity index (χ0n) is 20.5. The van der Waals surface area contributed by atoms with Crippen molar-refractivity contribution in [2.45, 2.75) is 32.4 Å². The summed E-state index contributed by atoms with van der Waals surface area (Å²) in [5.74, 6) is -0.342. The standard InChI is InChI=1S/C29H30N6O/c1-20-3-11-25(12-4-20)29(2,19-31)26-13-7-21(8-14-26)16-34-18-24(15-30)28(36)35-17-22-5-9-23(10-6-22)27(32)33/h3-15,18H,16-17,30H2,1-2H3,(H3,32,33)(H,35,36)/b24-15+,34-18?. The number of nitrogens with two attached hydrogens (primary N) is 2. The maximum absolute atomic E-state index is 12.5. The highest BCUT2D eigenvalue weighted by atomic mass is 16.1. The molecule has 36 heavy (non-hydrogen) atoms. The fraction of sp³-hybridized carbons (Fsp3) is 0.172. The minimum Gasteiger partial charge on any atom is -0.404 e. The number of carbonyl (C=O) groups excluding carboxylic acids is 1. The quantitative estimate of drug-likeness (QED) is 0.211. The van der Waals surface area contributed by atoms with Crippen LogP contribution < -0.4 is 16.8 Å². The number of rotatable bonds is 9. The molecule has 3 aromatic rings. The molecular formula is C29H30N6O. The zero-order chi connectivity index (χ0) is 26.1. The number of nitrogens with zero attached hydrogens (tertiary/aromatic N) is 2. The van der Waals surface area contributed by atoms with Gasteiger partial charge in [0.25, 0.3) is 5.91 Å². The van der Waals surface area contributed by atoms with Crippen LogP contribution in [-0.2, 0) is 23.3 Å². The molecule has 0 aliphatic rings. The Labute approximate surface area is 211 Å². The molecule has 0 aromatic heterocycles. The number of nitrogen functional groups attached to an aromatic ring is 1. The monoisotopic (exact) mass is 478 g/mol.